The van der Waals surface area contributed by atoms with Gasteiger partial charge in [-0.2, -0.15) is 5.10 Å². The molecule has 0 spiro atoms. The van der Waals surface area contributed by atoms with Gasteiger partial charge in [0.25, 0.3) is 11.8 Å². The molecule has 9 nitrogen and oxygen atoms in total. The maximum absolute atomic E-state index is 12.6. The Balaban J connectivity index is 1.99. The van der Waals surface area contributed by atoms with Crippen molar-refractivity contribution in [1.82, 2.24) is 10.7 Å². The first-order valence-corrected chi connectivity index (χ1v) is 10.5. The summed E-state index contributed by atoms with van der Waals surface area (Å²) in [4.78, 5) is 36.5. The highest BCUT2D eigenvalue weighted by atomic mass is 16.6. The molecule has 0 aromatic heterocycles. The van der Waals surface area contributed by atoms with Crippen LogP contribution >= 0.6 is 0 Å². The van der Waals surface area contributed by atoms with Crippen molar-refractivity contribution in [1.29, 1.82) is 0 Å². The van der Waals surface area contributed by atoms with Gasteiger partial charge in [0, 0.05) is 5.56 Å². The van der Waals surface area contributed by atoms with Gasteiger partial charge in [0.05, 0.1) is 19.9 Å². The van der Waals surface area contributed by atoms with E-state index in [4.69, 9.17) is 14.2 Å². The maximum Gasteiger partial charge on any atom is 0.344 e. The van der Waals surface area contributed by atoms with E-state index in [-0.39, 0.29) is 25.0 Å². The molecule has 176 valence electrons. The fourth-order valence-electron chi connectivity index (χ4n) is 2.81. The second kappa shape index (κ2) is 12.8. The van der Waals surface area contributed by atoms with Gasteiger partial charge in [-0.15, -0.1) is 0 Å². The van der Waals surface area contributed by atoms with Crippen molar-refractivity contribution >= 4 is 24.0 Å². The molecule has 0 heterocycles. The van der Waals surface area contributed by atoms with Crippen LogP contribution < -0.4 is 20.2 Å². The molecule has 2 aromatic carbocycles. The fourth-order valence-corrected chi connectivity index (χ4v) is 2.81. The van der Waals surface area contributed by atoms with Crippen LogP contribution in [0.1, 0.15) is 36.7 Å². The summed E-state index contributed by atoms with van der Waals surface area (Å²) in [6.45, 7) is 5.41. The Morgan fingerprint density at radius 2 is 1.79 bits per heavy atom. The van der Waals surface area contributed by atoms with E-state index in [9.17, 15) is 14.4 Å². The molecule has 0 radical (unpaired) electrons. The normalized spacial score (nSPS) is 11.7. The van der Waals surface area contributed by atoms with Crippen LogP contribution in [0.2, 0.25) is 0 Å². The molecule has 2 N–H and O–H groups in total. The number of hydrogen-bond acceptors (Lipinski definition) is 7. The zero-order valence-corrected chi connectivity index (χ0v) is 19.2. The molecule has 0 saturated heterocycles. The van der Waals surface area contributed by atoms with Gasteiger partial charge in [0.2, 0.25) is 0 Å². The summed E-state index contributed by atoms with van der Waals surface area (Å²) in [7, 11) is 1.47. The van der Waals surface area contributed by atoms with Crippen LogP contribution in [0.4, 0.5) is 0 Å². The largest absolute Gasteiger partial charge is 0.493 e. The zero-order valence-electron chi connectivity index (χ0n) is 19.2. The first-order valence-electron chi connectivity index (χ1n) is 10.5. The predicted octanol–water partition coefficient (Wildman–Crippen LogP) is 2.54. The van der Waals surface area contributed by atoms with Gasteiger partial charge in [-0.3, -0.25) is 9.59 Å². The van der Waals surface area contributed by atoms with Crippen molar-refractivity contribution in [3.8, 4) is 11.5 Å². The molecule has 1 unspecified atom stereocenters. The van der Waals surface area contributed by atoms with E-state index in [1.54, 1.807) is 49.4 Å². The van der Waals surface area contributed by atoms with Crippen LogP contribution in [0.15, 0.2) is 53.6 Å². The molecule has 0 fully saturated rings. The van der Waals surface area contributed by atoms with Crippen molar-refractivity contribution in [2.45, 2.75) is 26.8 Å². The number of carbonyl (C=O) groups is 3. The number of ether oxygens (including phenoxy) is 3. The third kappa shape index (κ3) is 7.95. The van der Waals surface area contributed by atoms with Crippen LogP contribution in [-0.4, -0.2) is 50.4 Å². The lowest BCUT2D eigenvalue weighted by molar-refractivity contribution is -0.145. The summed E-state index contributed by atoms with van der Waals surface area (Å²) in [6, 6.07) is 12.9. The summed E-state index contributed by atoms with van der Waals surface area (Å²) in [5.41, 5.74) is 3.56. The number of benzene rings is 2. The van der Waals surface area contributed by atoms with E-state index >= 15 is 0 Å². The molecule has 2 aromatic rings. The van der Waals surface area contributed by atoms with Crippen LogP contribution in [0.25, 0.3) is 0 Å². The predicted molar refractivity (Wildman–Crippen MR) is 123 cm³/mol. The molecule has 2 amide bonds. The minimum atomic E-state index is -0.761. The number of esters is 1. The van der Waals surface area contributed by atoms with E-state index in [0.717, 1.165) is 0 Å². The van der Waals surface area contributed by atoms with E-state index in [1.165, 1.54) is 13.3 Å². The summed E-state index contributed by atoms with van der Waals surface area (Å²) in [5.74, 6) is -0.640. The van der Waals surface area contributed by atoms with Crippen LogP contribution in [-0.2, 0) is 14.3 Å². The van der Waals surface area contributed by atoms with Gasteiger partial charge >= 0.3 is 5.97 Å². The minimum absolute atomic E-state index is 0.149. The molecule has 9 heteroatoms. The third-order valence-electron chi connectivity index (χ3n) is 4.50. The lowest BCUT2D eigenvalue weighted by atomic mass is 10.0. The highest BCUT2D eigenvalue weighted by Gasteiger charge is 2.24. The monoisotopic (exact) mass is 455 g/mol. The number of amides is 2. The standard InChI is InChI=1S/C24H29N3O6/c1-5-32-21(28)15-33-19-12-11-17(13-20(19)31-4)14-25-27-24(30)22(16(2)3)26-23(29)18-9-7-6-8-10-18/h6-14,16,22H,5,15H2,1-4H3,(H,26,29)(H,27,30). The third-order valence-corrected chi connectivity index (χ3v) is 4.50. The number of hydrogen-bond donors (Lipinski definition) is 2. The first-order chi connectivity index (χ1) is 15.8. The van der Waals surface area contributed by atoms with Crippen LogP contribution in [0.5, 0.6) is 11.5 Å². The number of hydrazone groups is 1. The average molecular weight is 456 g/mol. The Bertz CT molecular complexity index is 975. The zero-order chi connectivity index (χ0) is 24.2. The summed E-state index contributed by atoms with van der Waals surface area (Å²) >= 11 is 0. The van der Waals surface area contributed by atoms with E-state index in [0.29, 0.717) is 22.6 Å². The highest BCUT2D eigenvalue weighted by Crippen LogP contribution is 2.27. The summed E-state index contributed by atoms with van der Waals surface area (Å²) in [6.07, 6.45) is 1.44. The fraction of sp³-hybridized carbons (Fsp3) is 0.333. The minimum Gasteiger partial charge on any atom is -0.493 e. The van der Waals surface area contributed by atoms with Crippen LogP contribution in [0, 0.1) is 5.92 Å². The van der Waals surface area contributed by atoms with Gasteiger partial charge in [-0.05, 0) is 48.7 Å². The number of nitrogens with one attached hydrogen (secondary N) is 2. The molecule has 0 saturated carbocycles. The number of rotatable bonds is 11. The van der Waals surface area contributed by atoms with Crippen molar-refractivity contribution in [3.63, 3.8) is 0 Å². The lowest BCUT2D eigenvalue weighted by Gasteiger charge is -2.20. The van der Waals surface area contributed by atoms with E-state index in [2.05, 4.69) is 15.8 Å². The maximum atomic E-state index is 12.6. The van der Waals surface area contributed by atoms with E-state index < -0.39 is 17.9 Å². The quantitative estimate of drug-likeness (QED) is 0.306. The molecular weight excluding hydrogens is 426 g/mol. The highest BCUT2D eigenvalue weighted by molar-refractivity contribution is 5.97. The van der Waals surface area contributed by atoms with Crippen LogP contribution in [0.3, 0.4) is 0 Å². The topological polar surface area (TPSA) is 115 Å². The second-order valence-corrected chi connectivity index (χ2v) is 7.30. The Morgan fingerprint density at radius 1 is 1.06 bits per heavy atom. The van der Waals surface area contributed by atoms with Gasteiger partial charge in [0.1, 0.15) is 6.04 Å². The number of carbonyl (C=O) groups excluding carboxylic acids is 3. The molecule has 33 heavy (non-hydrogen) atoms. The second-order valence-electron chi connectivity index (χ2n) is 7.30. The molecule has 0 aliphatic rings. The molecule has 0 bridgehead atoms. The van der Waals surface area contributed by atoms with Crippen molar-refractivity contribution in [2.75, 3.05) is 20.3 Å². The SMILES string of the molecule is CCOC(=O)COc1ccc(C=NNC(=O)C(NC(=O)c2ccccc2)C(C)C)cc1OC. The van der Waals surface area contributed by atoms with Gasteiger partial charge < -0.3 is 19.5 Å². The molecular formula is C24H29N3O6. The van der Waals surface area contributed by atoms with Gasteiger partial charge in [-0.25, -0.2) is 10.2 Å². The first kappa shape index (κ1) is 25.4. The summed E-state index contributed by atoms with van der Waals surface area (Å²) in [5, 5.41) is 6.72. The smallest absolute Gasteiger partial charge is 0.344 e. The summed E-state index contributed by atoms with van der Waals surface area (Å²) < 4.78 is 15.5. The van der Waals surface area contributed by atoms with Gasteiger partial charge in [0.15, 0.2) is 18.1 Å². The Kier molecular flexibility index (Phi) is 9.88. The number of methoxy groups -OCH3 is 1. The van der Waals surface area contributed by atoms with Crippen molar-refractivity contribution < 1.29 is 28.6 Å². The van der Waals surface area contributed by atoms with Crippen molar-refractivity contribution in [2.24, 2.45) is 11.0 Å². The van der Waals surface area contributed by atoms with Gasteiger partial charge in [-0.1, -0.05) is 32.0 Å². The Hall–Kier alpha value is -3.88. The average Bonchev–Trinajstić information content (AvgIpc) is 2.81. The Labute approximate surface area is 193 Å². The lowest BCUT2D eigenvalue weighted by Crippen LogP contribution is -2.48. The number of nitrogens with zero attached hydrogens (tertiary/aromatic N) is 1. The molecule has 1 atom stereocenters. The molecule has 0 aliphatic heterocycles. The van der Waals surface area contributed by atoms with E-state index in [1.807, 2.05) is 19.9 Å². The molecule has 0 aliphatic carbocycles. The van der Waals surface area contributed by atoms with Crippen molar-refractivity contribution in [3.05, 3.63) is 59.7 Å². The molecule has 2 rings (SSSR count). The Morgan fingerprint density at radius 3 is 2.42 bits per heavy atom.